The molecule has 16 aliphatic rings. The molecule has 0 aromatic rings. The van der Waals surface area contributed by atoms with Crippen LogP contribution in [0.15, 0.2) is 57.7 Å². The summed E-state index contributed by atoms with van der Waals surface area (Å²) in [4.78, 5) is 66.3. The Bertz CT molecular complexity index is 2370. The molecular formula is C48H52N4O8. The number of esters is 4. The predicted octanol–water partition coefficient (Wildman–Crippen LogP) is 3.42. The Morgan fingerprint density at radius 2 is 1.08 bits per heavy atom. The maximum absolute atomic E-state index is 15.3. The molecule has 0 amide bonds. The SMILES string of the molecule is O=C1C=C2C[C@H](C3=C4C([C@H]5C([C@H]6CC7=CC(=O)O[C@@]78C[C@@H]6N6CCC[C@@H]68)C6=CC(=O)O[C@@]67C[C@@H]5N5CCC[C@@H]57)=C[C@@H]5C[C@@]4(OC3=O)[C@H]3CCCN53)[C@@H]3C[C@@]2(O1)[C@H]1CCCN31. The van der Waals surface area contributed by atoms with Crippen LogP contribution in [0.1, 0.15) is 89.9 Å². The van der Waals surface area contributed by atoms with Gasteiger partial charge >= 0.3 is 23.9 Å². The molecule has 9 saturated heterocycles. The van der Waals surface area contributed by atoms with Gasteiger partial charge in [0, 0.05) is 91.1 Å². The summed E-state index contributed by atoms with van der Waals surface area (Å²) in [5.41, 5.74) is 4.32. The van der Waals surface area contributed by atoms with Gasteiger partial charge in [-0.2, -0.15) is 0 Å². The summed E-state index contributed by atoms with van der Waals surface area (Å²) in [6, 6.07) is 1.27. The number of fused-ring (bicyclic) bond motifs is 9. The number of hydrogen-bond donors (Lipinski definition) is 0. The van der Waals surface area contributed by atoms with E-state index in [2.05, 4.69) is 25.7 Å². The molecule has 312 valence electrons. The van der Waals surface area contributed by atoms with Crippen LogP contribution in [-0.4, -0.2) is 140 Å². The zero-order chi connectivity index (χ0) is 39.4. The molecule has 16 rings (SSSR count). The molecule has 11 fully saturated rings. The van der Waals surface area contributed by atoms with Crippen LogP contribution < -0.4 is 0 Å². The highest BCUT2D eigenvalue weighted by molar-refractivity contribution is 5.97. The molecule has 8 bridgehead atoms. The molecule has 4 spiro atoms. The highest BCUT2D eigenvalue weighted by Gasteiger charge is 2.75. The number of hydrogen-bond acceptors (Lipinski definition) is 12. The fourth-order valence-corrected chi connectivity index (χ4v) is 19.1. The fourth-order valence-electron chi connectivity index (χ4n) is 19.1. The second kappa shape index (κ2) is 10.6. The number of rotatable bonds is 3. The molecule has 12 nitrogen and oxygen atoms in total. The lowest BCUT2D eigenvalue weighted by Crippen LogP contribution is -2.54. The molecule has 0 N–H and O–H groups in total. The van der Waals surface area contributed by atoms with Gasteiger partial charge in [-0.15, -0.1) is 0 Å². The molecular weight excluding hydrogens is 761 g/mol. The smallest absolute Gasteiger partial charge is 0.335 e. The van der Waals surface area contributed by atoms with Crippen LogP contribution in [0.3, 0.4) is 0 Å². The second-order valence-corrected chi connectivity index (χ2v) is 22.0. The van der Waals surface area contributed by atoms with E-state index in [-0.39, 0.29) is 95.9 Å². The first-order valence-corrected chi connectivity index (χ1v) is 23.8. The monoisotopic (exact) mass is 812 g/mol. The molecule has 16 atom stereocenters. The summed E-state index contributed by atoms with van der Waals surface area (Å²) in [7, 11) is 0. The quantitative estimate of drug-likeness (QED) is 0.307. The highest BCUT2D eigenvalue weighted by atomic mass is 16.6. The van der Waals surface area contributed by atoms with Gasteiger partial charge in [-0.05, 0) is 125 Å². The van der Waals surface area contributed by atoms with E-state index in [0.29, 0.717) is 6.42 Å². The summed E-state index contributed by atoms with van der Waals surface area (Å²) in [6.07, 6.45) is 21.1. The van der Waals surface area contributed by atoms with Crippen LogP contribution in [0.25, 0.3) is 0 Å². The normalized spacial score (nSPS) is 53.5. The van der Waals surface area contributed by atoms with Crippen molar-refractivity contribution in [3.8, 4) is 0 Å². The number of carbonyl (C=O) groups excluding carboxylic acids is 4. The Morgan fingerprint density at radius 3 is 1.80 bits per heavy atom. The Kier molecular flexibility index (Phi) is 6.00. The highest BCUT2D eigenvalue weighted by Crippen LogP contribution is 2.70. The summed E-state index contributed by atoms with van der Waals surface area (Å²) in [6.45, 7) is 3.94. The maximum atomic E-state index is 15.3. The largest absolute Gasteiger partial charge is 0.450 e. The molecule has 12 heteroatoms. The molecule has 13 heterocycles. The van der Waals surface area contributed by atoms with Crippen LogP contribution in [0.5, 0.6) is 0 Å². The summed E-state index contributed by atoms with van der Waals surface area (Å²) in [5, 5.41) is 0. The van der Waals surface area contributed by atoms with Gasteiger partial charge in [0.05, 0.1) is 24.2 Å². The van der Waals surface area contributed by atoms with Crippen LogP contribution >= 0.6 is 0 Å². The van der Waals surface area contributed by atoms with Gasteiger partial charge in [-0.25, -0.2) is 19.2 Å². The minimum atomic E-state index is -0.715. The number of carbonyl (C=O) groups is 4. The lowest BCUT2D eigenvalue weighted by atomic mass is 9.54. The first-order valence-electron chi connectivity index (χ1n) is 23.8. The Balaban J connectivity index is 0.927. The van der Waals surface area contributed by atoms with Gasteiger partial charge in [0.2, 0.25) is 0 Å². The van der Waals surface area contributed by atoms with Gasteiger partial charge in [-0.1, -0.05) is 6.08 Å². The van der Waals surface area contributed by atoms with Gasteiger partial charge in [0.25, 0.3) is 0 Å². The molecule has 60 heavy (non-hydrogen) atoms. The molecule has 2 saturated carbocycles. The summed E-state index contributed by atoms with van der Waals surface area (Å²) < 4.78 is 26.5. The topological polar surface area (TPSA) is 118 Å². The molecule has 13 aliphatic heterocycles. The average molecular weight is 813 g/mol. The van der Waals surface area contributed by atoms with Crippen LogP contribution in [-0.2, 0) is 38.1 Å². The third kappa shape index (κ3) is 3.58. The summed E-state index contributed by atoms with van der Waals surface area (Å²) in [5.74, 6) is -0.735. The van der Waals surface area contributed by atoms with Crippen molar-refractivity contribution in [2.24, 2.45) is 23.7 Å². The Labute approximate surface area is 348 Å². The van der Waals surface area contributed by atoms with Crippen molar-refractivity contribution < 1.29 is 38.1 Å². The maximum Gasteiger partial charge on any atom is 0.335 e. The fraction of sp³-hybridized carbons (Fsp3) is 0.708. The minimum absolute atomic E-state index is 0.0165. The third-order valence-electron chi connectivity index (χ3n) is 20.4. The van der Waals surface area contributed by atoms with E-state index in [1.807, 2.05) is 12.2 Å². The molecule has 0 aromatic carbocycles. The zero-order valence-electron chi connectivity index (χ0n) is 34.0. The van der Waals surface area contributed by atoms with Crippen molar-refractivity contribution in [3.63, 3.8) is 0 Å². The van der Waals surface area contributed by atoms with E-state index in [9.17, 15) is 14.4 Å². The van der Waals surface area contributed by atoms with Crippen molar-refractivity contribution in [1.82, 2.24) is 19.6 Å². The van der Waals surface area contributed by atoms with E-state index in [1.165, 1.54) is 16.7 Å². The molecule has 0 radical (unpaired) electrons. The first-order chi connectivity index (χ1) is 29.2. The standard InChI is InChI=1S/C48H52N4O8/c53-37-15-23-13-26(30-20-45(23,57-37)33-5-2-10-50(30)33)40-29-18-39(55)59-47(29)22-32(52-12-4-7-35(47)52)41(40)28-17-25-19-48(36-8-1-9-49(25)36)43(28)42(44(56)60-48)27-14-24-16-38(54)58-46(24)21-31(27)51-11-3-6-34(46)51/h15-18,25-27,30-36,40-41H,1-14,19-22H2/t25-,26+,27+,30+,31+,32+,33-,34-,35-,36-,40?,41-,45+,46+,47+,48-/m1/s1. The van der Waals surface area contributed by atoms with Gasteiger partial charge in [-0.3, -0.25) is 19.6 Å². The van der Waals surface area contributed by atoms with Crippen LogP contribution in [0.4, 0.5) is 0 Å². The molecule has 0 aromatic heterocycles. The lowest BCUT2D eigenvalue weighted by molar-refractivity contribution is -0.150. The van der Waals surface area contributed by atoms with E-state index >= 15 is 4.79 Å². The van der Waals surface area contributed by atoms with Crippen molar-refractivity contribution in [1.29, 1.82) is 0 Å². The van der Waals surface area contributed by atoms with Crippen molar-refractivity contribution >= 4 is 23.9 Å². The van der Waals surface area contributed by atoms with E-state index in [0.717, 1.165) is 126 Å². The van der Waals surface area contributed by atoms with Gasteiger partial charge in [0.15, 0.2) is 22.4 Å². The Hall–Kier alpha value is -3.58. The third-order valence-corrected chi connectivity index (χ3v) is 20.4. The van der Waals surface area contributed by atoms with Crippen LogP contribution in [0.2, 0.25) is 0 Å². The number of ether oxygens (including phenoxy) is 4. The second-order valence-electron chi connectivity index (χ2n) is 22.0. The first kappa shape index (κ1) is 34.0. The van der Waals surface area contributed by atoms with E-state index in [4.69, 9.17) is 18.9 Å². The van der Waals surface area contributed by atoms with E-state index < -0.39 is 22.4 Å². The Morgan fingerprint density at radius 1 is 0.533 bits per heavy atom. The molecule has 1 unspecified atom stereocenters. The zero-order valence-corrected chi connectivity index (χ0v) is 34.0. The minimum Gasteiger partial charge on any atom is -0.450 e. The van der Waals surface area contributed by atoms with Crippen molar-refractivity contribution in [2.75, 3.05) is 26.2 Å². The average Bonchev–Trinajstić information content (AvgIpc) is 4.06. The predicted molar refractivity (Wildman–Crippen MR) is 210 cm³/mol. The van der Waals surface area contributed by atoms with Gasteiger partial charge < -0.3 is 18.9 Å². The number of nitrogens with zero attached hydrogens (tertiary/aromatic N) is 4. The van der Waals surface area contributed by atoms with Crippen LogP contribution in [0, 0.1) is 23.7 Å². The summed E-state index contributed by atoms with van der Waals surface area (Å²) >= 11 is 0. The van der Waals surface area contributed by atoms with Gasteiger partial charge in [0.1, 0.15) is 0 Å². The van der Waals surface area contributed by atoms with Crippen molar-refractivity contribution in [3.05, 3.63) is 57.7 Å². The van der Waals surface area contributed by atoms with Crippen molar-refractivity contribution in [2.45, 2.75) is 161 Å². The van der Waals surface area contributed by atoms with E-state index in [1.54, 1.807) is 6.08 Å². The molecule has 3 aliphatic carbocycles. The lowest BCUT2D eigenvalue weighted by Gasteiger charge is -2.51.